The number of benzene rings is 6. The lowest BCUT2D eigenvalue weighted by molar-refractivity contribution is -0.142. The van der Waals surface area contributed by atoms with Gasteiger partial charge in [-0.3, -0.25) is 34.0 Å². The summed E-state index contributed by atoms with van der Waals surface area (Å²) in [5.41, 5.74) is 13.7. The third-order valence-corrected chi connectivity index (χ3v) is 27.0. The van der Waals surface area contributed by atoms with Crippen molar-refractivity contribution in [3.8, 4) is 44.8 Å². The zero-order valence-electron chi connectivity index (χ0n) is 65.8. The number of nitrogens with zero attached hydrogens (tertiary/aromatic N) is 10. The van der Waals surface area contributed by atoms with Gasteiger partial charge in [-0.25, -0.2) is 29.1 Å². The second kappa shape index (κ2) is 34.9. The maximum atomic E-state index is 15.5. The van der Waals surface area contributed by atoms with Gasteiger partial charge in [0.1, 0.15) is 46.3 Å². The molecule has 598 valence electrons. The van der Waals surface area contributed by atoms with E-state index in [9.17, 15) is 28.8 Å². The fourth-order valence-electron chi connectivity index (χ4n) is 18.0. The van der Waals surface area contributed by atoms with E-state index in [4.69, 9.17) is 29.4 Å². The summed E-state index contributed by atoms with van der Waals surface area (Å²) in [7, 11) is 3.11. The third kappa shape index (κ3) is 16.2. The number of rotatable bonds is 24. The second-order valence-electron chi connectivity index (χ2n) is 31.5. The van der Waals surface area contributed by atoms with Gasteiger partial charge in [0, 0.05) is 114 Å². The number of pyridine rings is 2. The monoisotopic (exact) mass is 1600 g/mol. The summed E-state index contributed by atoms with van der Waals surface area (Å²) in [5, 5.41) is 10.9. The number of likely N-dealkylation sites (N-methyl/N-ethyl adjacent to an activating group) is 2. The topological polar surface area (TPSA) is 262 Å². The van der Waals surface area contributed by atoms with Gasteiger partial charge in [-0.15, -0.1) is 22.7 Å². The van der Waals surface area contributed by atoms with Gasteiger partial charge in [-0.2, -0.15) is 0 Å². The number of hydrogen-bond acceptors (Lipinski definition) is 16. The lowest BCUT2D eigenvalue weighted by Gasteiger charge is -2.38. The molecule has 0 bridgehead atoms. The van der Waals surface area contributed by atoms with Crippen LogP contribution in [-0.4, -0.2) is 195 Å². The van der Waals surface area contributed by atoms with Gasteiger partial charge in [-0.1, -0.05) is 158 Å². The number of thiazole rings is 2. The van der Waals surface area contributed by atoms with Crippen molar-refractivity contribution in [3.05, 3.63) is 215 Å². The first-order valence-corrected chi connectivity index (χ1v) is 42.4. The predicted octanol–water partition coefficient (Wildman–Crippen LogP) is 15.3. The van der Waals surface area contributed by atoms with Crippen LogP contribution in [0.4, 0.5) is 19.2 Å². The molecule has 4 saturated heterocycles. The van der Waals surface area contributed by atoms with Crippen LogP contribution in [0, 0.1) is 17.8 Å². The lowest BCUT2D eigenvalue weighted by Crippen LogP contribution is -2.58. The van der Waals surface area contributed by atoms with Crippen molar-refractivity contribution < 1.29 is 47.8 Å². The van der Waals surface area contributed by atoms with Crippen LogP contribution in [0.5, 0.6) is 0 Å². The number of carbonyl (C=O) groups is 8. The molecule has 4 aliphatic heterocycles. The number of ketones is 1. The summed E-state index contributed by atoms with van der Waals surface area (Å²) >= 11 is 3.10. The Hall–Kier alpha value is -11.4. The van der Waals surface area contributed by atoms with E-state index in [2.05, 4.69) is 64.5 Å². The molecule has 2 aliphatic carbocycles. The third-order valence-electron chi connectivity index (χ3n) is 24.8. The van der Waals surface area contributed by atoms with Crippen molar-refractivity contribution >= 4 is 90.9 Å². The fourth-order valence-corrected chi connectivity index (χ4v) is 20.2. The minimum atomic E-state index is -1.01. The second-order valence-corrected chi connectivity index (χ2v) is 33.6. The molecule has 10 aromatic rings. The van der Waals surface area contributed by atoms with E-state index in [0.717, 1.165) is 110 Å². The molecule has 9 amide bonds. The van der Waals surface area contributed by atoms with Gasteiger partial charge in [0.25, 0.3) is 0 Å². The van der Waals surface area contributed by atoms with Crippen LogP contribution in [0.1, 0.15) is 141 Å². The number of unbranched alkanes of at least 4 members (excludes halogenated alkanes) is 1. The number of carbonyl (C=O) groups excluding carboxylic acids is 8. The Kier molecular flexibility index (Phi) is 23.6. The highest BCUT2D eigenvalue weighted by molar-refractivity contribution is 7.19. The molecule has 0 unspecified atom stereocenters. The molecule has 3 N–H and O–H groups in total. The Morgan fingerprint density at radius 1 is 0.474 bits per heavy atom. The average Bonchev–Trinajstić information content (AvgIpc) is 1.58. The predicted molar refractivity (Wildman–Crippen MR) is 447 cm³/mol. The molecule has 8 heterocycles. The minimum Gasteiger partial charge on any atom is -0.448 e. The van der Waals surface area contributed by atoms with Crippen LogP contribution in [0.25, 0.3) is 65.2 Å². The first-order chi connectivity index (χ1) is 56.5. The molecule has 116 heavy (non-hydrogen) atoms. The zero-order chi connectivity index (χ0) is 80.1. The van der Waals surface area contributed by atoms with Gasteiger partial charge in [0.2, 0.25) is 17.7 Å². The fraction of sp³-hybridized carbons (Fsp3) is 0.385. The summed E-state index contributed by atoms with van der Waals surface area (Å²) in [5.74, 6) is -2.80. The molecule has 23 nitrogen and oxygen atoms in total. The van der Waals surface area contributed by atoms with Gasteiger partial charge >= 0.3 is 24.2 Å². The number of amides is 9. The summed E-state index contributed by atoms with van der Waals surface area (Å²) in [6, 6.07) is 52.2. The normalized spacial score (nSPS) is 17.9. The Morgan fingerprint density at radius 2 is 0.871 bits per heavy atom. The van der Waals surface area contributed by atoms with Crippen LogP contribution < -0.4 is 16.0 Å². The molecule has 0 spiro atoms. The maximum Gasteiger partial charge on any atom is 0.410 e. The highest BCUT2D eigenvalue weighted by Crippen LogP contribution is 2.48. The standard InChI is InChI=1S/C91H97N13O10S2/c1-56(99(3)90(111)113-54-71-66-31-15-11-27-62(66)63-28-12-16-32-67(63)71)75(105)53-70(86(107)103-47-21-35-73(103)84-97-81-76(115-84)37-45-92-78(81)59-23-7-5-8-24-59)58-39-49-101(50-40-58)88(109)94-43-19-20-44-95-89(110)102-51-41-61(42-52-102)80(87(108)104-48-22-36-74(104)85-98-82-77(116-85)38-46-93-79(82)60-25-9-6-10-26-60)96-83(106)57(2)100(4)91(112)114-55-72-68-33-17-13-29-64(68)65-30-14-18-34-69(65)72/h5-18,23-34,37-38,45-46,56-58,61,70-74,80H,19-22,35-36,39-44,47-55H2,1-4H3,(H,94,109)(H,95,110)(H,96,106)/t56-,57-,70-,73-,74-,80-/m0/s1. The van der Waals surface area contributed by atoms with Crippen molar-refractivity contribution in [1.29, 1.82) is 0 Å². The number of aromatic nitrogens is 4. The molecular weight excluding hydrogens is 1500 g/mol. The van der Waals surface area contributed by atoms with Gasteiger partial charge in [0.15, 0.2) is 5.78 Å². The number of likely N-dealkylation sites (tertiary alicyclic amines) is 4. The Labute approximate surface area is 683 Å². The number of nitrogens with one attached hydrogen (secondary N) is 3. The Morgan fingerprint density at radius 3 is 1.31 bits per heavy atom. The SMILES string of the molecule is C[C@@H](C(=O)C[C@H](C(=O)N1CCC[C@H]1c1nc2c(-c3ccccc3)nccc2s1)C1CCN(C(=O)NCCCCNC(=O)N2CCC([C@H](NC(=O)[C@H](C)N(C)C(=O)OCC3c4ccccc4-c4ccccc43)C(=O)N3CCC[C@H]3c3nc4c(-c5ccccc5)nccc4s3)CC2)CC1)N(C)C(=O)OCC1c2ccccc2-c2ccccc21. The molecule has 16 rings (SSSR count). The quantitative estimate of drug-likeness (QED) is 0.0475. The van der Waals surface area contributed by atoms with E-state index in [1.165, 1.54) is 16.8 Å². The number of piperidine rings is 2. The molecule has 4 aromatic heterocycles. The number of ether oxygens (including phenoxy) is 2. The van der Waals surface area contributed by atoms with Gasteiger partial charge in [-0.05, 0) is 147 Å². The van der Waals surface area contributed by atoms with Crippen molar-refractivity contribution in [2.45, 2.75) is 127 Å². The van der Waals surface area contributed by atoms with Crippen LogP contribution >= 0.6 is 22.7 Å². The minimum absolute atomic E-state index is 0.0767. The highest BCUT2D eigenvalue weighted by Gasteiger charge is 2.45. The first kappa shape index (κ1) is 78.4. The summed E-state index contributed by atoms with van der Waals surface area (Å²) in [6.07, 6.45) is 8.04. The van der Waals surface area contributed by atoms with Crippen molar-refractivity contribution in [3.63, 3.8) is 0 Å². The summed E-state index contributed by atoms with van der Waals surface area (Å²) in [4.78, 5) is 146. The highest BCUT2D eigenvalue weighted by atomic mass is 32.1. The first-order valence-electron chi connectivity index (χ1n) is 40.8. The molecular formula is C91H97N13O10S2. The van der Waals surface area contributed by atoms with Crippen LogP contribution in [0.2, 0.25) is 0 Å². The van der Waals surface area contributed by atoms with E-state index in [0.29, 0.717) is 104 Å². The molecule has 0 radical (unpaired) electrons. The number of fused-ring (bicyclic) bond motifs is 8. The van der Waals surface area contributed by atoms with Gasteiger partial charge in [0.05, 0.1) is 38.9 Å². The van der Waals surface area contributed by atoms with Crippen LogP contribution in [0.15, 0.2) is 182 Å². The summed E-state index contributed by atoms with van der Waals surface area (Å²) in [6.45, 7) is 6.57. The summed E-state index contributed by atoms with van der Waals surface area (Å²) < 4.78 is 13.9. The number of urea groups is 2. The van der Waals surface area contributed by atoms with E-state index >= 15 is 9.59 Å². The maximum absolute atomic E-state index is 15.5. The van der Waals surface area contributed by atoms with E-state index in [-0.39, 0.29) is 85.0 Å². The molecule has 6 aliphatic rings. The van der Waals surface area contributed by atoms with Crippen LogP contribution in [0.3, 0.4) is 0 Å². The van der Waals surface area contributed by atoms with E-state index in [1.54, 1.807) is 65.8 Å². The Balaban J connectivity index is 0.528. The number of Topliss-reactive ketones (excluding diaryl/α,β-unsaturated/α-hetero) is 1. The van der Waals surface area contributed by atoms with Crippen molar-refractivity contribution in [2.75, 3.05) is 79.7 Å². The largest absolute Gasteiger partial charge is 0.448 e. The molecule has 0 saturated carbocycles. The van der Waals surface area contributed by atoms with Gasteiger partial charge < -0.3 is 49.9 Å². The molecule has 4 fully saturated rings. The van der Waals surface area contributed by atoms with E-state index in [1.807, 2.05) is 131 Å². The van der Waals surface area contributed by atoms with E-state index < -0.39 is 42.1 Å². The molecule has 6 aromatic carbocycles. The van der Waals surface area contributed by atoms with Crippen molar-refractivity contribution in [2.24, 2.45) is 17.8 Å². The number of hydrogen-bond donors (Lipinski definition) is 3. The van der Waals surface area contributed by atoms with Crippen molar-refractivity contribution in [1.82, 2.24) is 65.3 Å². The lowest BCUT2D eigenvalue weighted by atomic mass is 9.79. The smallest absolute Gasteiger partial charge is 0.410 e. The zero-order valence-corrected chi connectivity index (χ0v) is 67.4. The van der Waals surface area contributed by atoms with Crippen LogP contribution in [-0.2, 0) is 28.7 Å². The molecule has 6 atom stereocenters. The average molecular weight is 1600 g/mol. The molecule has 25 heteroatoms. The Bertz CT molecular complexity index is 4880.